The van der Waals surface area contributed by atoms with E-state index >= 15 is 0 Å². The highest BCUT2D eigenvalue weighted by Crippen LogP contribution is 2.35. The maximum absolute atomic E-state index is 11.9. The number of nitrogens with zero attached hydrogens (tertiary/aromatic N) is 1. The van der Waals surface area contributed by atoms with Crippen LogP contribution in [0, 0.1) is 5.41 Å². The second-order valence-corrected chi connectivity index (χ2v) is 5.50. The predicted octanol–water partition coefficient (Wildman–Crippen LogP) is 1.83. The molecule has 1 aliphatic heterocycles. The van der Waals surface area contributed by atoms with Crippen molar-refractivity contribution in [2.75, 3.05) is 13.1 Å². The molecule has 2 fully saturated rings. The lowest BCUT2D eigenvalue weighted by atomic mass is 9.76. The van der Waals surface area contributed by atoms with Gasteiger partial charge in [0, 0.05) is 19.1 Å². The van der Waals surface area contributed by atoms with Gasteiger partial charge >= 0.3 is 12.0 Å². The van der Waals surface area contributed by atoms with Gasteiger partial charge in [-0.2, -0.15) is 0 Å². The number of nitrogens with one attached hydrogen (secondary N) is 1. The lowest BCUT2D eigenvalue weighted by Gasteiger charge is -2.39. The Balaban J connectivity index is 1.85. The first-order valence-corrected chi connectivity index (χ1v) is 6.86. The number of urea groups is 1. The lowest BCUT2D eigenvalue weighted by Crippen LogP contribution is -2.52. The maximum atomic E-state index is 11.9. The topological polar surface area (TPSA) is 69.6 Å². The van der Waals surface area contributed by atoms with Gasteiger partial charge in [0.25, 0.3) is 0 Å². The fraction of sp³-hybridized carbons (Fsp3) is 0.846. The molecule has 2 N–H and O–H groups in total. The monoisotopic (exact) mass is 254 g/mol. The fourth-order valence-electron chi connectivity index (χ4n) is 2.67. The highest BCUT2D eigenvalue weighted by molar-refractivity contribution is 5.77. The standard InChI is InChI=1S/C13H22N2O3/c1-2-13(11(16)17)6-8-15(9-7-13)12(18)14-10-4-3-5-10/h10H,2-9H2,1H3,(H,14,18)(H,16,17). The van der Waals surface area contributed by atoms with Gasteiger partial charge in [0.1, 0.15) is 0 Å². The molecule has 1 heterocycles. The number of carboxylic acids is 1. The number of piperidine rings is 1. The molecule has 0 atom stereocenters. The zero-order valence-electron chi connectivity index (χ0n) is 10.9. The Morgan fingerprint density at radius 3 is 2.33 bits per heavy atom. The minimum Gasteiger partial charge on any atom is -0.481 e. The first kappa shape index (κ1) is 13.2. The SMILES string of the molecule is CCC1(C(=O)O)CCN(C(=O)NC2CCC2)CC1. The summed E-state index contributed by atoms with van der Waals surface area (Å²) >= 11 is 0. The van der Waals surface area contributed by atoms with E-state index < -0.39 is 11.4 Å². The number of hydrogen-bond donors (Lipinski definition) is 2. The summed E-state index contributed by atoms with van der Waals surface area (Å²) in [7, 11) is 0. The largest absolute Gasteiger partial charge is 0.481 e. The Morgan fingerprint density at radius 1 is 1.33 bits per heavy atom. The van der Waals surface area contributed by atoms with E-state index in [1.54, 1.807) is 4.90 Å². The third-order valence-corrected chi connectivity index (χ3v) is 4.57. The molecule has 18 heavy (non-hydrogen) atoms. The highest BCUT2D eigenvalue weighted by atomic mass is 16.4. The molecule has 0 aromatic rings. The molecule has 2 aliphatic rings. The molecular weight excluding hydrogens is 232 g/mol. The molecule has 0 aromatic carbocycles. The summed E-state index contributed by atoms with van der Waals surface area (Å²) < 4.78 is 0. The van der Waals surface area contributed by atoms with Gasteiger partial charge in [-0.1, -0.05) is 6.92 Å². The molecule has 0 unspecified atom stereocenters. The van der Waals surface area contributed by atoms with E-state index in [1.165, 1.54) is 6.42 Å². The third-order valence-electron chi connectivity index (χ3n) is 4.57. The van der Waals surface area contributed by atoms with Crippen molar-refractivity contribution in [3.8, 4) is 0 Å². The van der Waals surface area contributed by atoms with Gasteiger partial charge in [-0.05, 0) is 38.5 Å². The molecule has 2 amide bonds. The van der Waals surface area contributed by atoms with Crippen LogP contribution < -0.4 is 5.32 Å². The van der Waals surface area contributed by atoms with Crippen molar-refractivity contribution >= 4 is 12.0 Å². The third kappa shape index (κ3) is 2.44. The molecule has 2 rings (SSSR count). The summed E-state index contributed by atoms with van der Waals surface area (Å²) in [6.45, 7) is 3.02. The van der Waals surface area contributed by atoms with E-state index in [9.17, 15) is 14.7 Å². The second kappa shape index (κ2) is 5.16. The summed E-state index contributed by atoms with van der Waals surface area (Å²) in [5, 5.41) is 12.3. The average Bonchev–Trinajstić information content (AvgIpc) is 2.33. The van der Waals surface area contributed by atoms with Gasteiger partial charge < -0.3 is 15.3 Å². The maximum Gasteiger partial charge on any atom is 0.317 e. The fourth-order valence-corrected chi connectivity index (χ4v) is 2.67. The minimum atomic E-state index is -0.718. The number of amides is 2. The van der Waals surface area contributed by atoms with Crippen LogP contribution in [0.2, 0.25) is 0 Å². The van der Waals surface area contributed by atoms with Gasteiger partial charge in [0.15, 0.2) is 0 Å². The molecule has 0 radical (unpaired) electrons. The highest BCUT2D eigenvalue weighted by Gasteiger charge is 2.41. The van der Waals surface area contributed by atoms with Crippen molar-refractivity contribution in [1.82, 2.24) is 10.2 Å². The Bertz CT molecular complexity index is 331. The van der Waals surface area contributed by atoms with Crippen molar-refractivity contribution in [1.29, 1.82) is 0 Å². The van der Waals surface area contributed by atoms with Crippen LogP contribution >= 0.6 is 0 Å². The van der Waals surface area contributed by atoms with Gasteiger partial charge in [-0.3, -0.25) is 4.79 Å². The summed E-state index contributed by atoms with van der Waals surface area (Å²) in [5.41, 5.74) is -0.618. The first-order chi connectivity index (χ1) is 8.57. The van der Waals surface area contributed by atoms with Gasteiger partial charge in [-0.15, -0.1) is 0 Å². The van der Waals surface area contributed by atoms with Crippen molar-refractivity contribution < 1.29 is 14.7 Å². The van der Waals surface area contributed by atoms with E-state index in [1.807, 2.05) is 6.92 Å². The summed E-state index contributed by atoms with van der Waals surface area (Å²) in [4.78, 5) is 25.0. The van der Waals surface area contributed by atoms with Crippen LogP contribution in [0.25, 0.3) is 0 Å². The summed E-state index contributed by atoms with van der Waals surface area (Å²) in [6, 6.07) is 0.324. The van der Waals surface area contributed by atoms with Crippen molar-refractivity contribution in [3.05, 3.63) is 0 Å². The summed E-state index contributed by atoms with van der Waals surface area (Å²) in [5.74, 6) is -0.718. The lowest BCUT2D eigenvalue weighted by molar-refractivity contribution is -0.151. The van der Waals surface area contributed by atoms with E-state index in [0.717, 1.165) is 12.8 Å². The van der Waals surface area contributed by atoms with Crippen molar-refractivity contribution in [2.24, 2.45) is 5.41 Å². The Morgan fingerprint density at radius 2 is 1.94 bits per heavy atom. The quantitative estimate of drug-likeness (QED) is 0.807. The summed E-state index contributed by atoms with van der Waals surface area (Å²) in [6.07, 6.45) is 5.12. The van der Waals surface area contributed by atoms with E-state index in [-0.39, 0.29) is 6.03 Å². The molecule has 1 saturated heterocycles. The number of carboxylic acid groups (broad SMARTS) is 1. The van der Waals surface area contributed by atoms with Crippen LogP contribution in [0.1, 0.15) is 45.4 Å². The molecule has 1 aliphatic carbocycles. The van der Waals surface area contributed by atoms with E-state index in [4.69, 9.17) is 0 Å². The Hall–Kier alpha value is -1.26. The normalized spacial score (nSPS) is 23.3. The van der Waals surface area contributed by atoms with Crippen LogP contribution in [0.4, 0.5) is 4.79 Å². The minimum absolute atomic E-state index is 0.0187. The number of aliphatic carboxylic acids is 1. The van der Waals surface area contributed by atoms with Crippen LogP contribution in [0.15, 0.2) is 0 Å². The number of carbonyl (C=O) groups is 2. The predicted molar refractivity (Wildman–Crippen MR) is 67.3 cm³/mol. The van der Waals surface area contributed by atoms with Crippen LogP contribution in [-0.2, 0) is 4.79 Å². The van der Waals surface area contributed by atoms with E-state index in [0.29, 0.717) is 38.4 Å². The smallest absolute Gasteiger partial charge is 0.317 e. The first-order valence-electron chi connectivity index (χ1n) is 6.86. The van der Waals surface area contributed by atoms with Gasteiger partial charge in [-0.25, -0.2) is 4.79 Å². The van der Waals surface area contributed by atoms with Crippen molar-refractivity contribution in [2.45, 2.75) is 51.5 Å². The molecule has 0 aromatic heterocycles. The zero-order chi connectivity index (χ0) is 13.2. The molecule has 1 saturated carbocycles. The van der Waals surface area contributed by atoms with Gasteiger partial charge in [0.05, 0.1) is 5.41 Å². The molecule has 102 valence electrons. The zero-order valence-corrected chi connectivity index (χ0v) is 10.9. The van der Waals surface area contributed by atoms with Crippen molar-refractivity contribution in [3.63, 3.8) is 0 Å². The molecule has 5 heteroatoms. The molecule has 5 nitrogen and oxygen atoms in total. The van der Waals surface area contributed by atoms with Crippen LogP contribution in [0.3, 0.4) is 0 Å². The number of likely N-dealkylation sites (tertiary alicyclic amines) is 1. The number of hydrogen-bond acceptors (Lipinski definition) is 2. The van der Waals surface area contributed by atoms with Crippen LogP contribution in [0.5, 0.6) is 0 Å². The Labute approximate surface area is 108 Å². The van der Waals surface area contributed by atoms with Gasteiger partial charge in [0.2, 0.25) is 0 Å². The van der Waals surface area contributed by atoms with Crippen LogP contribution in [-0.4, -0.2) is 41.1 Å². The average molecular weight is 254 g/mol. The number of carbonyl (C=O) groups excluding carboxylic acids is 1. The Kier molecular flexibility index (Phi) is 3.78. The molecular formula is C13H22N2O3. The number of rotatable bonds is 3. The second-order valence-electron chi connectivity index (χ2n) is 5.50. The molecule has 0 bridgehead atoms. The molecule has 0 spiro atoms. The van der Waals surface area contributed by atoms with E-state index in [2.05, 4.69) is 5.32 Å².